The fourth-order valence-electron chi connectivity index (χ4n) is 2.69. The number of hydrogen-bond donors (Lipinski definition) is 2. The van der Waals surface area contributed by atoms with Gasteiger partial charge in [-0.1, -0.05) is 18.6 Å². The van der Waals surface area contributed by atoms with Crippen LogP contribution < -0.4 is 11.1 Å². The van der Waals surface area contributed by atoms with E-state index in [1.807, 2.05) is 0 Å². The van der Waals surface area contributed by atoms with E-state index < -0.39 is 18.0 Å². The summed E-state index contributed by atoms with van der Waals surface area (Å²) in [7, 11) is 0. The molecule has 0 radical (unpaired) electrons. The van der Waals surface area contributed by atoms with Gasteiger partial charge >= 0.3 is 6.18 Å². The smallest absolute Gasteiger partial charge is 0.326 e. The second kappa shape index (κ2) is 6.47. The summed E-state index contributed by atoms with van der Waals surface area (Å²) in [6, 6.07) is 7.00. The lowest BCUT2D eigenvalue weighted by molar-refractivity contribution is -0.185. The summed E-state index contributed by atoms with van der Waals surface area (Å²) in [5.41, 5.74) is 7.00. The molecule has 116 valence electrons. The third kappa shape index (κ3) is 4.20. The summed E-state index contributed by atoms with van der Waals surface area (Å²) >= 11 is 0. The second-order valence-electron chi connectivity index (χ2n) is 5.49. The molecule has 0 bridgehead atoms. The summed E-state index contributed by atoms with van der Waals surface area (Å²) in [5, 5.41) is 2.69. The van der Waals surface area contributed by atoms with E-state index in [1.165, 1.54) is 0 Å². The Morgan fingerprint density at radius 3 is 2.48 bits per heavy atom. The number of hydrogen-bond acceptors (Lipinski definition) is 2. The van der Waals surface area contributed by atoms with Crippen LogP contribution in [-0.4, -0.2) is 12.1 Å². The van der Waals surface area contributed by atoms with Crippen molar-refractivity contribution in [1.82, 2.24) is 0 Å². The molecule has 0 aromatic heterocycles. The van der Waals surface area contributed by atoms with Crippen LogP contribution in [0.4, 0.5) is 18.9 Å². The minimum Gasteiger partial charge on any atom is -0.326 e. The molecule has 0 spiro atoms. The first-order valence-corrected chi connectivity index (χ1v) is 7.06. The fraction of sp³-hybridized carbons (Fsp3) is 0.533. The molecular weight excluding hydrogens is 281 g/mol. The molecule has 3 N–H and O–H groups in total. The number of amides is 1. The number of alkyl halides is 3. The Bertz CT molecular complexity index is 485. The number of carbonyl (C=O) groups is 1. The molecule has 1 fully saturated rings. The van der Waals surface area contributed by atoms with E-state index in [4.69, 9.17) is 5.73 Å². The molecule has 1 aliphatic carbocycles. The summed E-state index contributed by atoms with van der Waals surface area (Å²) in [4.78, 5) is 12.1. The highest BCUT2D eigenvalue weighted by Crippen LogP contribution is 2.40. The number of halogens is 3. The lowest BCUT2D eigenvalue weighted by Crippen LogP contribution is -2.34. The van der Waals surface area contributed by atoms with Crippen molar-refractivity contribution in [3.63, 3.8) is 0 Å². The average molecular weight is 300 g/mol. The van der Waals surface area contributed by atoms with Gasteiger partial charge in [-0.3, -0.25) is 4.79 Å². The van der Waals surface area contributed by atoms with E-state index in [9.17, 15) is 18.0 Å². The summed E-state index contributed by atoms with van der Waals surface area (Å²) in [6.45, 7) is 0.407. The highest BCUT2D eigenvalue weighted by Gasteiger charge is 2.43. The van der Waals surface area contributed by atoms with Gasteiger partial charge in [-0.2, -0.15) is 13.2 Å². The first kappa shape index (κ1) is 15.8. The van der Waals surface area contributed by atoms with Crippen molar-refractivity contribution in [3.8, 4) is 0 Å². The van der Waals surface area contributed by atoms with Crippen molar-refractivity contribution in [2.45, 2.75) is 38.4 Å². The lowest BCUT2D eigenvalue weighted by Gasteiger charge is -2.29. The molecule has 3 nitrogen and oxygen atoms in total. The first-order chi connectivity index (χ1) is 9.90. The van der Waals surface area contributed by atoms with Crippen LogP contribution in [0.15, 0.2) is 24.3 Å². The van der Waals surface area contributed by atoms with Gasteiger partial charge in [0.15, 0.2) is 0 Å². The number of anilines is 1. The van der Waals surface area contributed by atoms with E-state index in [0.29, 0.717) is 25.1 Å². The highest BCUT2D eigenvalue weighted by molar-refractivity contribution is 5.92. The molecule has 2 atom stereocenters. The zero-order valence-corrected chi connectivity index (χ0v) is 11.6. The third-order valence-corrected chi connectivity index (χ3v) is 3.97. The van der Waals surface area contributed by atoms with Gasteiger partial charge in [0.25, 0.3) is 0 Å². The maximum atomic E-state index is 12.7. The van der Waals surface area contributed by atoms with Gasteiger partial charge < -0.3 is 11.1 Å². The van der Waals surface area contributed by atoms with Gasteiger partial charge in [-0.05, 0) is 37.0 Å². The second-order valence-corrected chi connectivity index (χ2v) is 5.49. The maximum Gasteiger partial charge on any atom is 0.391 e. The Morgan fingerprint density at radius 1 is 1.24 bits per heavy atom. The van der Waals surface area contributed by atoms with Crippen LogP contribution in [0, 0.1) is 11.8 Å². The summed E-state index contributed by atoms with van der Waals surface area (Å²) < 4.78 is 38.2. The van der Waals surface area contributed by atoms with E-state index in [2.05, 4.69) is 5.32 Å². The van der Waals surface area contributed by atoms with Crippen molar-refractivity contribution in [2.75, 3.05) is 5.32 Å². The van der Waals surface area contributed by atoms with Crippen molar-refractivity contribution in [3.05, 3.63) is 29.8 Å². The molecule has 0 aliphatic heterocycles. The SMILES string of the molecule is NCc1ccc(NC(=O)C2CCCC(C(F)(F)F)C2)cc1. The van der Waals surface area contributed by atoms with Crippen LogP contribution in [0.25, 0.3) is 0 Å². The predicted molar refractivity (Wildman–Crippen MR) is 74.5 cm³/mol. The molecule has 0 saturated heterocycles. The van der Waals surface area contributed by atoms with Gasteiger partial charge in [-0.25, -0.2) is 0 Å². The number of rotatable bonds is 3. The normalized spacial score (nSPS) is 22.9. The van der Waals surface area contributed by atoms with Crippen LogP contribution >= 0.6 is 0 Å². The third-order valence-electron chi connectivity index (χ3n) is 3.97. The number of benzene rings is 1. The maximum absolute atomic E-state index is 12.7. The fourth-order valence-corrected chi connectivity index (χ4v) is 2.69. The minimum absolute atomic E-state index is 0.115. The number of nitrogens with one attached hydrogen (secondary N) is 1. The molecule has 0 heterocycles. The molecule has 6 heteroatoms. The number of nitrogens with two attached hydrogens (primary N) is 1. The minimum atomic E-state index is -4.21. The van der Waals surface area contributed by atoms with E-state index in [-0.39, 0.29) is 18.7 Å². The zero-order chi connectivity index (χ0) is 15.5. The van der Waals surface area contributed by atoms with E-state index >= 15 is 0 Å². The molecule has 2 unspecified atom stereocenters. The zero-order valence-electron chi connectivity index (χ0n) is 11.6. The van der Waals surface area contributed by atoms with Gasteiger partial charge in [0.1, 0.15) is 0 Å². The van der Waals surface area contributed by atoms with Crippen molar-refractivity contribution < 1.29 is 18.0 Å². The molecule has 1 amide bonds. The van der Waals surface area contributed by atoms with Crippen molar-refractivity contribution in [2.24, 2.45) is 17.6 Å². The summed E-state index contributed by atoms with van der Waals surface area (Å²) in [6.07, 6.45) is -3.25. The quantitative estimate of drug-likeness (QED) is 0.898. The summed E-state index contributed by atoms with van der Waals surface area (Å²) in [5.74, 6) is -2.26. The van der Waals surface area contributed by atoms with Gasteiger partial charge in [0.2, 0.25) is 5.91 Å². The molecule has 1 aromatic rings. The van der Waals surface area contributed by atoms with Gasteiger partial charge in [-0.15, -0.1) is 0 Å². The van der Waals surface area contributed by atoms with Crippen LogP contribution in [-0.2, 0) is 11.3 Å². The Kier molecular flexibility index (Phi) is 4.88. The average Bonchev–Trinajstić information content (AvgIpc) is 2.47. The van der Waals surface area contributed by atoms with Gasteiger partial charge in [0, 0.05) is 18.2 Å². The standard InChI is InChI=1S/C15H19F3N2O/c16-15(17,18)12-3-1-2-11(8-12)14(21)20-13-6-4-10(9-19)5-7-13/h4-7,11-12H,1-3,8-9,19H2,(H,20,21). The molecular formula is C15H19F3N2O. The van der Waals surface area contributed by atoms with Crippen molar-refractivity contribution in [1.29, 1.82) is 0 Å². The largest absolute Gasteiger partial charge is 0.391 e. The monoisotopic (exact) mass is 300 g/mol. The Labute approximate surface area is 121 Å². The van der Waals surface area contributed by atoms with Crippen LogP contribution in [0.1, 0.15) is 31.2 Å². The molecule has 1 aliphatic rings. The van der Waals surface area contributed by atoms with Crippen molar-refractivity contribution >= 4 is 11.6 Å². The number of carbonyl (C=O) groups excluding carboxylic acids is 1. The van der Waals surface area contributed by atoms with Gasteiger partial charge in [0.05, 0.1) is 5.92 Å². The van der Waals surface area contributed by atoms with Crippen LogP contribution in [0.3, 0.4) is 0 Å². The lowest BCUT2D eigenvalue weighted by atomic mass is 9.80. The van der Waals surface area contributed by atoms with E-state index in [1.54, 1.807) is 24.3 Å². The predicted octanol–water partition coefficient (Wildman–Crippen LogP) is 3.45. The Hall–Kier alpha value is -1.56. The Morgan fingerprint density at radius 2 is 1.90 bits per heavy atom. The highest BCUT2D eigenvalue weighted by atomic mass is 19.4. The van der Waals surface area contributed by atoms with E-state index in [0.717, 1.165) is 5.56 Å². The van der Waals surface area contributed by atoms with Crippen LogP contribution in [0.2, 0.25) is 0 Å². The molecule has 21 heavy (non-hydrogen) atoms. The molecule has 1 aromatic carbocycles. The first-order valence-electron chi connectivity index (χ1n) is 7.06. The topological polar surface area (TPSA) is 55.1 Å². The molecule has 2 rings (SSSR count). The Balaban J connectivity index is 1.96. The van der Waals surface area contributed by atoms with Crippen LogP contribution in [0.5, 0.6) is 0 Å². The molecule has 1 saturated carbocycles.